The molecule has 0 amide bonds. The number of ether oxygens (including phenoxy) is 3. The highest BCUT2D eigenvalue weighted by molar-refractivity contribution is 5.87. The van der Waals surface area contributed by atoms with Crippen LogP contribution < -0.4 is 9.47 Å². The van der Waals surface area contributed by atoms with Crippen molar-refractivity contribution < 1.29 is 19.0 Å². The minimum absolute atomic E-state index is 0.397. The molecule has 0 fully saturated rings. The summed E-state index contributed by atoms with van der Waals surface area (Å²) in [5.74, 6) is 1.10. The van der Waals surface area contributed by atoms with Crippen molar-refractivity contribution in [1.29, 1.82) is 0 Å². The first-order valence-electron chi connectivity index (χ1n) is 6.87. The zero-order chi connectivity index (χ0) is 14.8. The fourth-order valence-electron chi connectivity index (χ4n) is 1.54. The minimum atomic E-state index is -0.397. The van der Waals surface area contributed by atoms with Crippen LogP contribution in [0.3, 0.4) is 0 Å². The van der Waals surface area contributed by atoms with Crippen LogP contribution in [0.4, 0.5) is 0 Å². The molecule has 4 heteroatoms. The second-order valence-electron chi connectivity index (χ2n) is 4.25. The first-order valence-corrected chi connectivity index (χ1v) is 6.87. The van der Waals surface area contributed by atoms with Crippen molar-refractivity contribution in [3.8, 4) is 11.5 Å². The highest BCUT2D eigenvalue weighted by atomic mass is 16.5. The van der Waals surface area contributed by atoms with Crippen molar-refractivity contribution in [2.45, 2.75) is 26.7 Å². The van der Waals surface area contributed by atoms with Gasteiger partial charge < -0.3 is 14.2 Å². The average molecular weight is 278 g/mol. The third-order valence-corrected chi connectivity index (χ3v) is 2.52. The number of hydrogen-bond donors (Lipinski definition) is 0. The fraction of sp³-hybridized carbons (Fsp3) is 0.438. The maximum atomic E-state index is 11.2. The molecule has 0 aliphatic rings. The summed E-state index contributed by atoms with van der Waals surface area (Å²) >= 11 is 0. The van der Waals surface area contributed by atoms with Gasteiger partial charge in [0.15, 0.2) is 0 Å². The summed E-state index contributed by atoms with van der Waals surface area (Å²) in [6.07, 6.45) is 4.92. The van der Waals surface area contributed by atoms with Crippen LogP contribution in [0, 0.1) is 0 Å². The Morgan fingerprint density at radius 3 is 2.50 bits per heavy atom. The largest absolute Gasteiger partial charge is 0.494 e. The molecule has 4 nitrogen and oxygen atoms in total. The van der Waals surface area contributed by atoms with E-state index in [1.807, 2.05) is 25.1 Å². The van der Waals surface area contributed by atoms with Gasteiger partial charge in [-0.05, 0) is 37.1 Å². The van der Waals surface area contributed by atoms with Gasteiger partial charge >= 0.3 is 5.97 Å². The quantitative estimate of drug-likeness (QED) is 0.539. The fourth-order valence-corrected chi connectivity index (χ4v) is 1.54. The molecule has 20 heavy (non-hydrogen) atoms. The molecule has 0 unspecified atom stereocenters. The molecular weight excluding hydrogens is 256 g/mol. The Kier molecular flexibility index (Phi) is 7.25. The van der Waals surface area contributed by atoms with E-state index >= 15 is 0 Å². The van der Waals surface area contributed by atoms with Crippen molar-refractivity contribution in [1.82, 2.24) is 0 Å². The van der Waals surface area contributed by atoms with E-state index < -0.39 is 5.97 Å². The highest BCUT2D eigenvalue weighted by Gasteiger charge is 2.04. The van der Waals surface area contributed by atoms with Crippen LogP contribution in [0.2, 0.25) is 0 Å². The number of carbonyl (C=O) groups excluding carboxylic acids is 1. The lowest BCUT2D eigenvalue weighted by Gasteiger charge is -2.11. The molecule has 0 atom stereocenters. The van der Waals surface area contributed by atoms with Gasteiger partial charge in [-0.15, -0.1) is 0 Å². The van der Waals surface area contributed by atoms with Gasteiger partial charge in [0.1, 0.15) is 11.5 Å². The van der Waals surface area contributed by atoms with Gasteiger partial charge in [-0.1, -0.05) is 13.8 Å². The Hall–Kier alpha value is -1.97. The second-order valence-corrected chi connectivity index (χ2v) is 4.25. The SMILES string of the molecule is CCCOc1ccc(OCCC)c(C=CC(=O)OC)c1. The molecule has 0 N–H and O–H groups in total. The van der Waals surface area contributed by atoms with E-state index in [9.17, 15) is 4.79 Å². The topological polar surface area (TPSA) is 44.8 Å². The monoisotopic (exact) mass is 278 g/mol. The zero-order valence-electron chi connectivity index (χ0n) is 12.3. The standard InChI is InChI=1S/C16H22O4/c1-4-10-19-14-7-8-15(20-11-5-2)13(12-14)6-9-16(17)18-3/h6-9,12H,4-5,10-11H2,1-3H3. The average Bonchev–Trinajstić information content (AvgIpc) is 2.49. The molecule has 0 bridgehead atoms. The van der Waals surface area contributed by atoms with Crippen molar-refractivity contribution in [3.63, 3.8) is 0 Å². The molecule has 0 heterocycles. The van der Waals surface area contributed by atoms with E-state index in [0.717, 1.165) is 29.9 Å². The van der Waals surface area contributed by atoms with E-state index in [1.165, 1.54) is 13.2 Å². The third-order valence-electron chi connectivity index (χ3n) is 2.52. The van der Waals surface area contributed by atoms with Gasteiger partial charge in [0.25, 0.3) is 0 Å². The lowest BCUT2D eigenvalue weighted by molar-refractivity contribution is -0.134. The summed E-state index contributed by atoms with van der Waals surface area (Å²) in [6, 6.07) is 5.59. The first kappa shape index (κ1) is 16.1. The van der Waals surface area contributed by atoms with Crippen molar-refractivity contribution in [3.05, 3.63) is 29.8 Å². The summed E-state index contributed by atoms with van der Waals surface area (Å²) in [4.78, 5) is 11.2. The minimum Gasteiger partial charge on any atom is -0.494 e. The summed E-state index contributed by atoms with van der Waals surface area (Å²) in [7, 11) is 1.35. The third kappa shape index (κ3) is 5.34. The molecular formula is C16H22O4. The van der Waals surface area contributed by atoms with Crippen molar-refractivity contribution >= 4 is 12.0 Å². The molecule has 0 saturated heterocycles. The van der Waals surface area contributed by atoms with Crippen molar-refractivity contribution in [2.24, 2.45) is 0 Å². The van der Waals surface area contributed by atoms with Crippen LogP contribution in [-0.2, 0) is 9.53 Å². The van der Waals surface area contributed by atoms with Gasteiger partial charge in [-0.25, -0.2) is 4.79 Å². The lowest BCUT2D eigenvalue weighted by atomic mass is 10.1. The van der Waals surface area contributed by atoms with E-state index in [4.69, 9.17) is 9.47 Å². The smallest absolute Gasteiger partial charge is 0.330 e. The Labute approximate surface area is 120 Å². The Balaban J connectivity index is 2.92. The molecule has 0 radical (unpaired) electrons. The number of esters is 1. The van der Waals surface area contributed by atoms with E-state index in [-0.39, 0.29) is 0 Å². The normalized spacial score (nSPS) is 10.6. The van der Waals surface area contributed by atoms with Crippen molar-refractivity contribution in [2.75, 3.05) is 20.3 Å². The molecule has 0 spiro atoms. The van der Waals surface area contributed by atoms with Crippen LogP contribution in [0.5, 0.6) is 11.5 Å². The number of hydrogen-bond acceptors (Lipinski definition) is 4. The van der Waals surface area contributed by atoms with Gasteiger partial charge in [-0.2, -0.15) is 0 Å². The number of carbonyl (C=O) groups is 1. The molecule has 1 aromatic rings. The van der Waals surface area contributed by atoms with Crippen LogP contribution in [0.1, 0.15) is 32.3 Å². The van der Waals surface area contributed by atoms with E-state index in [0.29, 0.717) is 13.2 Å². The summed E-state index contributed by atoms with van der Waals surface area (Å²) in [5.41, 5.74) is 0.803. The maximum absolute atomic E-state index is 11.2. The van der Waals surface area contributed by atoms with Crippen LogP contribution in [0.25, 0.3) is 6.08 Å². The molecule has 0 aromatic heterocycles. The predicted molar refractivity (Wildman–Crippen MR) is 79.1 cm³/mol. The summed E-state index contributed by atoms with van der Waals surface area (Å²) in [5, 5.41) is 0. The van der Waals surface area contributed by atoms with Crippen LogP contribution >= 0.6 is 0 Å². The van der Waals surface area contributed by atoms with Gasteiger partial charge in [0, 0.05) is 11.6 Å². The second kappa shape index (κ2) is 9.02. The predicted octanol–water partition coefficient (Wildman–Crippen LogP) is 3.45. The zero-order valence-corrected chi connectivity index (χ0v) is 12.3. The van der Waals surface area contributed by atoms with E-state index in [2.05, 4.69) is 11.7 Å². The Morgan fingerprint density at radius 2 is 1.85 bits per heavy atom. The number of methoxy groups -OCH3 is 1. The molecule has 1 rings (SSSR count). The maximum Gasteiger partial charge on any atom is 0.330 e. The van der Waals surface area contributed by atoms with Gasteiger partial charge in [0.2, 0.25) is 0 Å². The first-order chi connectivity index (χ1) is 9.71. The molecule has 0 saturated carbocycles. The summed E-state index contributed by atoms with van der Waals surface area (Å²) < 4.78 is 15.8. The molecule has 0 aliphatic carbocycles. The van der Waals surface area contributed by atoms with Crippen LogP contribution in [-0.4, -0.2) is 26.3 Å². The summed E-state index contributed by atoms with van der Waals surface area (Å²) in [6.45, 7) is 5.39. The van der Waals surface area contributed by atoms with Gasteiger partial charge in [0.05, 0.1) is 20.3 Å². The van der Waals surface area contributed by atoms with Gasteiger partial charge in [-0.3, -0.25) is 0 Å². The number of rotatable bonds is 8. The Morgan fingerprint density at radius 1 is 1.15 bits per heavy atom. The molecule has 1 aromatic carbocycles. The van der Waals surface area contributed by atoms with E-state index in [1.54, 1.807) is 6.08 Å². The molecule has 0 aliphatic heterocycles. The van der Waals surface area contributed by atoms with Crippen LogP contribution in [0.15, 0.2) is 24.3 Å². The number of benzene rings is 1. The highest BCUT2D eigenvalue weighted by Crippen LogP contribution is 2.26. The Bertz CT molecular complexity index is 452. The molecule has 110 valence electrons. The lowest BCUT2D eigenvalue weighted by Crippen LogP contribution is -2.00.